The quantitative estimate of drug-likeness (QED) is 0.919. The molecule has 0 atom stereocenters. The van der Waals surface area contributed by atoms with E-state index >= 15 is 0 Å². The van der Waals surface area contributed by atoms with Crippen LogP contribution in [-0.2, 0) is 22.4 Å². The summed E-state index contributed by atoms with van der Waals surface area (Å²) in [7, 11) is 1.94. The number of aryl methyl sites for hydroxylation is 2. The minimum atomic E-state index is -0.348. The van der Waals surface area contributed by atoms with Crippen molar-refractivity contribution in [1.29, 1.82) is 0 Å². The van der Waals surface area contributed by atoms with Crippen molar-refractivity contribution in [3.63, 3.8) is 0 Å². The summed E-state index contributed by atoms with van der Waals surface area (Å²) in [4.78, 5) is 25.9. The van der Waals surface area contributed by atoms with E-state index in [-0.39, 0.29) is 23.5 Å². The van der Waals surface area contributed by atoms with Crippen LogP contribution in [0, 0.1) is 5.92 Å². The maximum absolute atomic E-state index is 12.7. The van der Waals surface area contributed by atoms with Crippen molar-refractivity contribution in [3.8, 4) is 0 Å². The van der Waals surface area contributed by atoms with Crippen LogP contribution in [0.4, 0.5) is 4.79 Å². The second-order valence-electron chi connectivity index (χ2n) is 8.39. The van der Waals surface area contributed by atoms with Crippen LogP contribution in [0.1, 0.15) is 48.3 Å². The van der Waals surface area contributed by atoms with Gasteiger partial charge in [-0.15, -0.1) is 0 Å². The van der Waals surface area contributed by atoms with Gasteiger partial charge in [-0.1, -0.05) is 18.2 Å². The summed E-state index contributed by atoms with van der Waals surface area (Å²) in [5.74, 6) is 0.858. The molecule has 0 unspecified atom stereocenters. The molecule has 2 amide bonds. The molecule has 3 aliphatic carbocycles. The topological polar surface area (TPSA) is 58.6 Å². The monoisotopic (exact) mass is 340 g/mol. The van der Waals surface area contributed by atoms with E-state index in [9.17, 15) is 9.59 Å². The molecule has 2 saturated carbocycles. The number of alkyl carbamates (subject to hydrolysis) is 1. The zero-order chi connectivity index (χ0) is 17.2. The van der Waals surface area contributed by atoms with Crippen molar-refractivity contribution < 1.29 is 14.3 Å². The lowest BCUT2D eigenvalue weighted by molar-refractivity contribution is -0.143. The normalized spacial score (nSPS) is 34.9. The average molecular weight is 340 g/mol. The lowest BCUT2D eigenvalue weighted by Crippen LogP contribution is -2.59. The third kappa shape index (κ3) is 2.35. The molecule has 5 rings (SSSR count). The molecule has 1 aromatic rings. The van der Waals surface area contributed by atoms with Gasteiger partial charge in [-0.05, 0) is 61.1 Å². The number of carbonyl (C=O) groups excluding carboxylic acids is 2. The van der Waals surface area contributed by atoms with Gasteiger partial charge < -0.3 is 15.0 Å². The maximum atomic E-state index is 12.7. The molecule has 4 aliphatic rings. The van der Waals surface area contributed by atoms with Crippen LogP contribution in [0.3, 0.4) is 0 Å². The van der Waals surface area contributed by atoms with E-state index in [4.69, 9.17) is 4.74 Å². The third-order valence-corrected chi connectivity index (χ3v) is 6.84. The van der Waals surface area contributed by atoms with Crippen molar-refractivity contribution in [2.75, 3.05) is 13.7 Å². The average Bonchev–Trinajstić information content (AvgIpc) is 2.88. The number of rotatable bonds is 3. The summed E-state index contributed by atoms with van der Waals surface area (Å²) < 4.78 is 4.99. The van der Waals surface area contributed by atoms with Crippen molar-refractivity contribution in [3.05, 3.63) is 34.9 Å². The molecular formula is C20H24N2O3. The molecule has 5 nitrogen and oxygen atoms in total. The Morgan fingerprint density at radius 1 is 1.24 bits per heavy atom. The van der Waals surface area contributed by atoms with Gasteiger partial charge in [0.05, 0.1) is 5.54 Å². The fraction of sp³-hybridized carbons (Fsp3) is 0.600. The molecule has 1 aliphatic heterocycles. The van der Waals surface area contributed by atoms with E-state index in [2.05, 4.69) is 23.5 Å². The van der Waals surface area contributed by atoms with Crippen molar-refractivity contribution in [2.45, 2.75) is 56.0 Å². The molecule has 25 heavy (non-hydrogen) atoms. The van der Waals surface area contributed by atoms with E-state index in [1.165, 1.54) is 29.5 Å². The molecule has 0 radical (unpaired) electrons. The zero-order valence-electron chi connectivity index (χ0n) is 14.6. The van der Waals surface area contributed by atoms with Gasteiger partial charge in [0, 0.05) is 19.0 Å². The fourth-order valence-electron chi connectivity index (χ4n) is 4.88. The van der Waals surface area contributed by atoms with Crippen LogP contribution in [0.25, 0.3) is 0 Å². The maximum Gasteiger partial charge on any atom is 0.407 e. The summed E-state index contributed by atoms with van der Waals surface area (Å²) in [5.41, 5.74) is 4.20. The Morgan fingerprint density at radius 3 is 2.60 bits per heavy atom. The number of hydrogen-bond acceptors (Lipinski definition) is 3. The van der Waals surface area contributed by atoms with Gasteiger partial charge in [0.25, 0.3) is 0 Å². The predicted octanol–water partition coefficient (Wildman–Crippen LogP) is 2.38. The van der Waals surface area contributed by atoms with Gasteiger partial charge in [-0.25, -0.2) is 4.79 Å². The largest absolute Gasteiger partial charge is 0.447 e. The number of ether oxygens (including phenoxy) is 1. The summed E-state index contributed by atoms with van der Waals surface area (Å²) in [6.07, 6.45) is 5.67. The van der Waals surface area contributed by atoms with Crippen LogP contribution >= 0.6 is 0 Å². The SMILES string of the molecule is CN(C(=O)[C@H]1C[C@]2(COC(=O)N2)C1)[C@H]1C[C@@H](c2ccc3c(c2)CC3)C1. The van der Waals surface area contributed by atoms with E-state index in [0.717, 1.165) is 12.8 Å². The van der Waals surface area contributed by atoms with Gasteiger partial charge in [-0.3, -0.25) is 4.79 Å². The van der Waals surface area contributed by atoms with Gasteiger partial charge >= 0.3 is 6.09 Å². The van der Waals surface area contributed by atoms with E-state index in [1.807, 2.05) is 11.9 Å². The Hall–Kier alpha value is -2.04. The summed E-state index contributed by atoms with van der Waals surface area (Å²) in [6.45, 7) is 0.406. The third-order valence-electron chi connectivity index (χ3n) is 6.84. The lowest BCUT2D eigenvalue weighted by Gasteiger charge is -2.47. The molecule has 0 bridgehead atoms. The van der Waals surface area contributed by atoms with Crippen molar-refractivity contribution in [2.24, 2.45) is 5.92 Å². The molecule has 1 heterocycles. The molecule has 0 aromatic heterocycles. The standard InChI is InChI=1S/C20H24N2O3/c1-22(18(23)16-9-20(10-16)11-25-19(24)21-20)17-7-15(8-17)14-5-3-12-2-4-13(12)6-14/h3,5-6,15-17H,2,4,7-11H2,1H3,(H,21,24)/t15-,16-,17+,20+. The Morgan fingerprint density at radius 2 is 2.00 bits per heavy atom. The first-order valence-electron chi connectivity index (χ1n) is 9.36. The van der Waals surface area contributed by atoms with Gasteiger partial charge in [0.1, 0.15) is 6.61 Å². The second kappa shape index (κ2) is 5.23. The Bertz CT molecular complexity index is 747. The van der Waals surface area contributed by atoms with Gasteiger partial charge in [-0.2, -0.15) is 0 Å². The van der Waals surface area contributed by atoms with Crippen LogP contribution < -0.4 is 5.32 Å². The number of cyclic esters (lactones) is 1. The number of benzene rings is 1. The highest BCUT2D eigenvalue weighted by Crippen LogP contribution is 2.44. The fourth-order valence-corrected chi connectivity index (χ4v) is 4.88. The molecular weight excluding hydrogens is 316 g/mol. The first kappa shape index (κ1) is 15.2. The van der Waals surface area contributed by atoms with Crippen LogP contribution in [0.2, 0.25) is 0 Å². The highest BCUT2D eigenvalue weighted by molar-refractivity contribution is 5.81. The number of nitrogens with one attached hydrogen (secondary N) is 1. The number of carbonyl (C=O) groups is 2. The molecule has 5 heteroatoms. The summed E-state index contributed by atoms with van der Waals surface area (Å²) >= 11 is 0. The van der Waals surface area contributed by atoms with Crippen molar-refractivity contribution >= 4 is 12.0 Å². The Labute approximate surface area is 147 Å². The lowest BCUT2D eigenvalue weighted by atomic mass is 9.67. The van der Waals surface area contributed by atoms with Crippen LogP contribution in [-0.4, -0.2) is 42.1 Å². The van der Waals surface area contributed by atoms with Crippen LogP contribution in [0.15, 0.2) is 18.2 Å². The highest BCUT2D eigenvalue weighted by Gasteiger charge is 2.53. The first-order chi connectivity index (χ1) is 12.0. The molecule has 1 saturated heterocycles. The van der Waals surface area contributed by atoms with Gasteiger partial charge in [0.15, 0.2) is 0 Å². The molecule has 1 aromatic carbocycles. The highest BCUT2D eigenvalue weighted by atomic mass is 16.6. The molecule has 1 N–H and O–H groups in total. The second-order valence-corrected chi connectivity index (χ2v) is 8.39. The number of fused-ring (bicyclic) bond motifs is 1. The molecule has 1 spiro atoms. The van der Waals surface area contributed by atoms with Crippen LogP contribution in [0.5, 0.6) is 0 Å². The number of hydrogen-bond donors (Lipinski definition) is 1. The number of amides is 2. The first-order valence-corrected chi connectivity index (χ1v) is 9.36. The Kier molecular flexibility index (Phi) is 3.19. The minimum Gasteiger partial charge on any atom is -0.447 e. The number of nitrogens with zero attached hydrogens (tertiary/aromatic N) is 1. The molecule has 3 fully saturated rings. The predicted molar refractivity (Wildman–Crippen MR) is 92.3 cm³/mol. The summed E-state index contributed by atoms with van der Waals surface area (Å²) in [5, 5.41) is 2.86. The van der Waals surface area contributed by atoms with E-state index in [1.54, 1.807) is 0 Å². The van der Waals surface area contributed by atoms with Gasteiger partial charge in [0.2, 0.25) is 5.91 Å². The summed E-state index contributed by atoms with van der Waals surface area (Å²) in [6, 6.07) is 7.29. The Balaban J connectivity index is 1.15. The minimum absolute atomic E-state index is 0.0301. The smallest absolute Gasteiger partial charge is 0.407 e. The van der Waals surface area contributed by atoms with Crippen molar-refractivity contribution in [1.82, 2.24) is 10.2 Å². The molecule has 132 valence electrons. The zero-order valence-corrected chi connectivity index (χ0v) is 14.6. The van der Waals surface area contributed by atoms with E-state index in [0.29, 0.717) is 31.4 Å². The van der Waals surface area contributed by atoms with E-state index < -0.39 is 0 Å².